The first-order chi connectivity index (χ1) is 8.58. The average Bonchev–Trinajstić information content (AvgIpc) is 2.38. The summed E-state index contributed by atoms with van der Waals surface area (Å²) >= 11 is 0. The van der Waals surface area contributed by atoms with Gasteiger partial charge < -0.3 is 20.1 Å². The third-order valence-corrected chi connectivity index (χ3v) is 2.21. The van der Waals surface area contributed by atoms with E-state index < -0.39 is 11.9 Å². The molecule has 0 aliphatic rings. The summed E-state index contributed by atoms with van der Waals surface area (Å²) in [6.07, 6.45) is 1.52. The number of methoxy groups -OCH3 is 2. The zero-order valence-electron chi connectivity index (χ0n) is 10.3. The number of carbonyl (C=O) groups excluding carboxylic acids is 2. The number of anilines is 2. The van der Waals surface area contributed by atoms with E-state index in [1.807, 2.05) is 0 Å². The third-order valence-electron chi connectivity index (χ3n) is 2.21. The van der Waals surface area contributed by atoms with Crippen molar-refractivity contribution in [1.29, 1.82) is 0 Å². The van der Waals surface area contributed by atoms with Crippen molar-refractivity contribution in [2.45, 2.75) is 0 Å². The van der Waals surface area contributed by atoms with Crippen LogP contribution >= 0.6 is 0 Å². The summed E-state index contributed by atoms with van der Waals surface area (Å²) in [7, 11) is 2.53. The topological polar surface area (TPSA) is 94.8 Å². The zero-order valence-corrected chi connectivity index (χ0v) is 10.3. The Bertz CT molecular complexity index is 418. The molecule has 7 heteroatoms. The molecule has 98 valence electrons. The van der Waals surface area contributed by atoms with E-state index in [0.717, 1.165) is 0 Å². The molecule has 1 aromatic rings. The quantitative estimate of drug-likeness (QED) is 0.727. The van der Waals surface area contributed by atoms with Gasteiger partial charge in [0, 0.05) is 6.20 Å². The van der Waals surface area contributed by atoms with Gasteiger partial charge in [0.2, 0.25) is 0 Å². The van der Waals surface area contributed by atoms with Crippen LogP contribution in [-0.2, 0) is 19.1 Å². The standard InChI is InChI=1S/C11H15N3O4/c1-17-9(15)6-14(7-10(16)18-2)11-8(12)4-3-5-13-11/h3-5H,6-7,12H2,1-2H3. The summed E-state index contributed by atoms with van der Waals surface area (Å²) in [6, 6.07) is 3.29. The first kappa shape index (κ1) is 13.8. The molecule has 0 aliphatic carbocycles. The number of rotatable bonds is 5. The number of hydrogen-bond acceptors (Lipinski definition) is 7. The molecule has 7 nitrogen and oxygen atoms in total. The summed E-state index contributed by atoms with van der Waals surface area (Å²) in [6.45, 7) is -0.264. The fourth-order valence-corrected chi connectivity index (χ4v) is 1.32. The summed E-state index contributed by atoms with van der Waals surface area (Å²) in [5.41, 5.74) is 6.11. The number of esters is 2. The number of nitrogens with two attached hydrogens (primary N) is 1. The van der Waals surface area contributed by atoms with Crippen molar-refractivity contribution in [1.82, 2.24) is 4.98 Å². The van der Waals surface area contributed by atoms with Crippen LogP contribution in [0.1, 0.15) is 0 Å². The van der Waals surface area contributed by atoms with Gasteiger partial charge in [-0.1, -0.05) is 0 Å². The number of ether oxygens (including phenoxy) is 2. The van der Waals surface area contributed by atoms with Crippen molar-refractivity contribution < 1.29 is 19.1 Å². The highest BCUT2D eigenvalue weighted by molar-refractivity contribution is 5.82. The lowest BCUT2D eigenvalue weighted by molar-refractivity contribution is -0.140. The van der Waals surface area contributed by atoms with E-state index in [1.165, 1.54) is 25.3 Å². The largest absolute Gasteiger partial charge is 0.468 e. The van der Waals surface area contributed by atoms with Crippen molar-refractivity contribution in [2.75, 3.05) is 37.9 Å². The van der Waals surface area contributed by atoms with Crippen LogP contribution in [0.15, 0.2) is 18.3 Å². The molecule has 0 fully saturated rings. The number of hydrogen-bond donors (Lipinski definition) is 1. The maximum Gasteiger partial charge on any atom is 0.325 e. The van der Waals surface area contributed by atoms with E-state index in [2.05, 4.69) is 14.5 Å². The van der Waals surface area contributed by atoms with Gasteiger partial charge in [-0.2, -0.15) is 0 Å². The van der Waals surface area contributed by atoms with E-state index in [4.69, 9.17) is 5.73 Å². The second-order valence-electron chi connectivity index (χ2n) is 3.42. The molecule has 0 radical (unpaired) electrons. The summed E-state index contributed by atoms with van der Waals surface area (Å²) in [5.74, 6) is -0.652. The molecule has 0 bridgehead atoms. The Balaban J connectivity index is 2.93. The fraction of sp³-hybridized carbons (Fsp3) is 0.364. The first-order valence-electron chi connectivity index (χ1n) is 5.17. The highest BCUT2D eigenvalue weighted by Crippen LogP contribution is 2.18. The van der Waals surface area contributed by atoms with Gasteiger partial charge in [-0.05, 0) is 12.1 Å². The van der Waals surface area contributed by atoms with Crippen LogP contribution in [0.3, 0.4) is 0 Å². The van der Waals surface area contributed by atoms with Crippen LogP contribution < -0.4 is 10.6 Å². The number of nitrogen functional groups attached to an aromatic ring is 1. The van der Waals surface area contributed by atoms with E-state index in [1.54, 1.807) is 12.1 Å². The lowest BCUT2D eigenvalue weighted by Crippen LogP contribution is -2.36. The summed E-state index contributed by atoms with van der Waals surface area (Å²) < 4.78 is 9.11. The second kappa shape index (κ2) is 6.43. The van der Waals surface area contributed by atoms with Crippen LogP contribution in [-0.4, -0.2) is 44.2 Å². The van der Waals surface area contributed by atoms with Crippen molar-refractivity contribution in [3.05, 3.63) is 18.3 Å². The predicted octanol–water partition coefficient (Wildman–Crippen LogP) is -0.184. The van der Waals surface area contributed by atoms with Gasteiger partial charge in [-0.25, -0.2) is 4.98 Å². The average molecular weight is 253 g/mol. The van der Waals surface area contributed by atoms with E-state index in [-0.39, 0.29) is 13.1 Å². The molecule has 0 spiro atoms. The predicted molar refractivity (Wildman–Crippen MR) is 64.9 cm³/mol. The Labute approximate surface area is 104 Å². The molecule has 1 rings (SSSR count). The van der Waals surface area contributed by atoms with Gasteiger partial charge in [0.15, 0.2) is 5.82 Å². The Hall–Kier alpha value is -2.31. The normalized spacial score (nSPS) is 9.67. The molecule has 18 heavy (non-hydrogen) atoms. The molecule has 2 N–H and O–H groups in total. The molecular weight excluding hydrogens is 238 g/mol. The Kier molecular flexibility index (Phi) is 4.91. The number of carbonyl (C=O) groups is 2. The Morgan fingerprint density at radius 2 is 1.83 bits per heavy atom. The fourth-order valence-electron chi connectivity index (χ4n) is 1.32. The lowest BCUT2D eigenvalue weighted by atomic mass is 10.3. The smallest absolute Gasteiger partial charge is 0.325 e. The van der Waals surface area contributed by atoms with E-state index in [9.17, 15) is 9.59 Å². The minimum absolute atomic E-state index is 0.132. The van der Waals surface area contributed by atoms with E-state index >= 15 is 0 Å². The van der Waals surface area contributed by atoms with Gasteiger partial charge in [0.25, 0.3) is 0 Å². The van der Waals surface area contributed by atoms with Crippen LogP contribution in [0.5, 0.6) is 0 Å². The molecule has 0 aliphatic heterocycles. The highest BCUT2D eigenvalue weighted by atomic mass is 16.5. The van der Waals surface area contributed by atoms with Crippen LogP contribution in [0.25, 0.3) is 0 Å². The summed E-state index contributed by atoms with van der Waals surface area (Å²) in [4.78, 5) is 28.0. The SMILES string of the molecule is COC(=O)CN(CC(=O)OC)c1ncccc1N. The van der Waals surface area contributed by atoms with Crippen molar-refractivity contribution >= 4 is 23.4 Å². The zero-order chi connectivity index (χ0) is 13.5. The minimum Gasteiger partial charge on any atom is -0.468 e. The molecule has 1 heterocycles. The molecular formula is C11H15N3O4. The third kappa shape index (κ3) is 3.62. The van der Waals surface area contributed by atoms with Gasteiger partial charge in [-0.3, -0.25) is 9.59 Å². The van der Waals surface area contributed by atoms with Crippen molar-refractivity contribution in [3.63, 3.8) is 0 Å². The molecule has 0 saturated heterocycles. The minimum atomic E-state index is -0.496. The second-order valence-corrected chi connectivity index (χ2v) is 3.42. The molecule has 0 saturated carbocycles. The molecule has 0 aromatic carbocycles. The first-order valence-corrected chi connectivity index (χ1v) is 5.17. The molecule has 0 unspecified atom stereocenters. The number of aromatic nitrogens is 1. The molecule has 0 atom stereocenters. The van der Waals surface area contributed by atoms with Crippen LogP contribution in [0.4, 0.5) is 11.5 Å². The Morgan fingerprint density at radius 3 is 2.28 bits per heavy atom. The van der Waals surface area contributed by atoms with Crippen LogP contribution in [0.2, 0.25) is 0 Å². The van der Waals surface area contributed by atoms with Gasteiger partial charge in [-0.15, -0.1) is 0 Å². The highest BCUT2D eigenvalue weighted by Gasteiger charge is 2.18. The van der Waals surface area contributed by atoms with Gasteiger partial charge in [0.1, 0.15) is 13.1 Å². The summed E-state index contributed by atoms with van der Waals surface area (Å²) in [5, 5.41) is 0. The Morgan fingerprint density at radius 1 is 1.28 bits per heavy atom. The maximum absolute atomic E-state index is 11.3. The van der Waals surface area contributed by atoms with Crippen molar-refractivity contribution in [3.8, 4) is 0 Å². The lowest BCUT2D eigenvalue weighted by Gasteiger charge is -2.22. The number of nitrogens with zero attached hydrogens (tertiary/aromatic N) is 2. The monoisotopic (exact) mass is 253 g/mol. The van der Waals surface area contributed by atoms with E-state index in [0.29, 0.717) is 11.5 Å². The maximum atomic E-state index is 11.3. The van der Waals surface area contributed by atoms with Gasteiger partial charge >= 0.3 is 11.9 Å². The van der Waals surface area contributed by atoms with Crippen LogP contribution in [0, 0.1) is 0 Å². The van der Waals surface area contributed by atoms with Crippen molar-refractivity contribution in [2.24, 2.45) is 0 Å². The number of pyridine rings is 1. The molecule has 0 amide bonds. The molecule has 1 aromatic heterocycles. The van der Waals surface area contributed by atoms with Gasteiger partial charge in [0.05, 0.1) is 19.9 Å².